The van der Waals surface area contributed by atoms with Gasteiger partial charge in [0, 0.05) is 18.1 Å². The summed E-state index contributed by atoms with van der Waals surface area (Å²) in [5.74, 6) is -0.616. The van der Waals surface area contributed by atoms with Crippen molar-refractivity contribution in [2.45, 2.75) is 6.42 Å². The summed E-state index contributed by atoms with van der Waals surface area (Å²) in [5.41, 5.74) is 2.50. The third-order valence-corrected chi connectivity index (χ3v) is 3.11. The minimum absolute atomic E-state index is 0.0379. The second-order valence-corrected chi connectivity index (χ2v) is 4.52. The smallest absolute Gasteiger partial charge is 0.328 e. The molecule has 0 aromatic heterocycles. The number of carboxylic acid groups (broad SMARTS) is 1. The molecule has 0 fully saturated rings. The predicted molar refractivity (Wildman–Crippen MR) is 80.6 cm³/mol. The first-order valence-corrected chi connectivity index (χ1v) is 6.45. The van der Waals surface area contributed by atoms with Crippen molar-refractivity contribution >= 4 is 12.0 Å². The predicted octanol–water partition coefficient (Wildman–Crippen LogP) is 3.09. The molecule has 2 aromatic carbocycles. The van der Waals surface area contributed by atoms with Crippen molar-refractivity contribution in [2.24, 2.45) is 0 Å². The molecule has 0 spiro atoms. The summed E-state index contributed by atoms with van der Waals surface area (Å²) in [6.07, 6.45) is 3.11. The van der Waals surface area contributed by atoms with E-state index in [0.717, 1.165) is 17.2 Å². The quantitative estimate of drug-likeness (QED) is 0.828. The normalized spacial score (nSPS) is 10.7. The molecule has 0 saturated heterocycles. The molecule has 0 saturated carbocycles. The van der Waals surface area contributed by atoms with Crippen LogP contribution in [0.25, 0.3) is 6.08 Å². The lowest BCUT2D eigenvalue weighted by Gasteiger charge is -2.13. The first-order valence-electron chi connectivity index (χ1n) is 6.45. The van der Waals surface area contributed by atoms with Crippen LogP contribution >= 0.6 is 0 Å². The standard InChI is InChI=1S/C17H16O4/c1-21-17-14(11-12-5-3-2-4-6-12)13(7-9-15(17)18)8-10-16(19)20/h2-10,18H,11H2,1H3,(H,19,20). The molecule has 2 aromatic rings. The number of hydrogen-bond acceptors (Lipinski definition) is 3. The largest absolute Gasteiger partial charge is 0.504 e. The molecule has 108 valence electrons. The monoisotopic (exact) mass is 284 g/mol. The van der Waals surface area contributed by atoms with Gasteiger partial charge in [-0.2, -0.15) is 0 Å². The highest BCUT2D eigenvalue weighted by Crippen LogP contribution is 2.34. The van der Waals surface area contributed by atoms with E-state index in [1.54, 1.807) is 6.07 Å². The summed E-state index contributed by atoms with van der Waals surface area (Å²) in [5, 5.41) is 18.7. The summed E-state index contributed by atoms with van der Waals surface area (Å²) in [6.45, 7) is 0. The van der Waals surface area contributed by atoms with Gasteiger partial charge in [-0.3, -0.25) is 0 Å². The molecule has 21 heavy (non-hydrogen) atoms. The molecule has 0 amide bonds. The van der Waals surface area contributed by atoms with Gasteiger partial charge in [-0.15, -0.1) is 0 Å². The Bertz CT molecular complexity index is 660. The van der Waals surface area contributed by atoms with Crippen LogP contribution in [0.15, 0.2) is 48.5 Å². The lowest BCUT2D eigenvalue weighted by atomic mass is 9.97. The zero-order chi connectivity index (χ0) is 15.2. The van der Waals surface area contributed by atoms with Crippen molar-refractivity contribution < 1.29 is 19.7 Å². The van der Waals surface area contributed by atoms with Crippen molar-refractivity contribution in [2.75, 3.05) is 7.11 Å². The molecule has 0 unspecified atom stereocenters. The van der Waals surface area contributed by atoms with Gasteiger partial charge in [0.25, 0.3) is 0 Å². The fraction of sp³-hybridized carbons (Fsp3) is 0.118. The Morgan fingerprint density at radius 1 is 1.19 bits per heavy atom. The minimum atomic E-state index is -1.02. The Hall–Kier alpha value is -2.75. The maximum absolute atomic E-state index is 10.7. The van der Waals surface area contributed by atoms with E-state index < -0.39 is 5.97 Å². The zero-order valence-corrected chi connectivity index (χ0v) is 11.6. The van der Waals surface area contributed by atoms with Gasteiger partial charge in [0.15, 0.2) is 11.5 Å². The van der Waals surface area contributed by atoms with Crippen LogP contribution in [-0.4, -0.2) is 23.3 Å². The van der Waals surface area contributed by atoms with Gasteiger partial charge < -0.3 is 14.9 Å². The minimum Gasteiger partial charge on any atom is -0.504 e. The van der Waals surface area contributed by atoms with Gasteiger partial charge in [-0.05, 0) is 23.3 Å². The molecule has 0 aliphatic heterocycles. The first kappa shape index (κ1) is 14.7. The molecule has 0 atom stereocenters. The third kappa shape index (κ3) is 3.63. The van der Waals surface area contributed by atoms with Crippen LogP contribution in [0.4, 0.5) is 0 Å². The van der Waals surface area contributed by atoms with E-state index in [4.69, 9.17) is 9.84 Å². The van der Waals surface area contributed by atoms with Crippen LogP contribution < -0.4 is 4.74 Å². The Balaban J connectivity index is 2.48. The lowest BCUT2D eigenvalue weighted by Crippen LogP contribution is -1.98. The average molecular weight is 284 g/mol. The van der Waals surface area contributed by atoms with E-state index in [0.29, 0.717) is 17.7 Å². The Morgan fingerprint density at radius 3 is 2.52 bits per heavy atom. The molecule has 0 heterocycles. The van der Waals surface area contributed by atoms with Gasteiger partial charge in [0.1, 0.15) is 0 Å². The molecular formula is C17H16O4. The highest BCUT2D eigenvalue weighted by atomic mass is 16.5. The van der Waals surface area contributed by atoms with E-state index in [1.165, 1.54) is 19.3 Å². The van der Waals surface area contributed by atoms with Gasteiger partial charge in [-0.1, -0.05) is 36.4 Å². The highest BCUT2D eigenvalue weighted by Gasteiger charge is 2.13. The number of methoxy groups -OCH3 is 1. The molecule has 0 aliphatic rings. The molecule has 0 aliphatic carbocycles. The van der Waals surface area contributed by atoms with E-state index in [9.17, 15) is 9.90 Å². The average Bonchev–Trinajstić information content (AvgIpc) is 2.47. The van der Waals surface area contributed by atoms with Crippen molar-refractivity contribution in [3.8, 4) is 11.5 Å². The molecule has 0 bridgehead atoms. The maximum Gasteiger partial charge on any atom is 0.328 e. The van der Waals surface area contributed by atoms with Crippen molar-refractivity contribution in [1.29, 1.82) is 0 Å². The number of ether oxygens (including phenoxy) is 1. The van der Waals surface area contributed by atoms with Crippen LogP contribution in [0.5, 0.6) is 11.5 Å². The molecule has 0 radical (unpaired) electrons. The summed E-state index contributed by atoms with van der Waals surface area (Å²) < 4.78 is 5.26. The number of phenolic OH excluding ortho intramolecular Hbond substituents is 1. The SMILES string of the molecule is COc1c(O)ccc(C=CC(=O)O)c1Cc1ccccc1. The summed E-state index contributed by atoms with van der Waals surface area (Å²) in [4.78, 5) is 10.7. The zero-order valence-electron chi connectivity index (χ0n) is 11.6. The third-order valence-electron chi connectivity index (χ3n) is 3.11. The number of benzene rings is 2. The molecule has 2 N–H and O–H groups in total. The van der Waals surface area contributed by atoms with Gasteiger partial charge in [0.2, 0.25) is 0 Å². The van der Waals surface area contributed by atoms with E-state index in [-0.39, 0.29) is 5.75 Å². The van der Waals surface area contributed by atoms with Gasteiger partial charge >= 0.3 is 5.97 Å². The number of aromatic hydroxyl groups is 1. The molecule has 4 heteroatoms. The van der Waals surface area contributed by atoms with E-state index in [1.807, 2.05) is 30.3 Å². The summed E-state index contributed by atoms with van der Waals surface area (Å²) >= 11 is 0. The summed E-state index contributed by atoms with van der Waals surface area (Å²) in [7, 11) is 1.48. The fourth-order valence-electron chi connectivity index (χ4n) is 2.16. The van der Waals surface area contributed by atoms with E-state index >= 15 is 0 Å². The maximum atomic E-state index is 10.7. The Labute approximate surface area is 122 Å². The number of carboxylic acids is 1. The molecule has 4 nitrogen and oxygen atoms in total. The lowest BCUT2D eigenvalue weighted by molar-refractivity contribution is -0.131. The second-order valence-electron chi connectivity index (χ2n) is 4.52. The van der Waals surface area contributed by atoms with Crippen molar-refractivity contribution in [3.05, 3.63) is 65.2 Å². The summed E-state index contributed by atoms with van der Waals surface area (Å²) in [6, 6.07) is 12.9. The number of aliphatic carboxylic acids is 1. The van der Waals surface area contributed by atoms with Crippen LogP contribution in [0.1, 0.15) is 16.7 Å². The molecule has 2 rings (SSSR count). The topological polar surface area (TPSA) is 66.8 Å². The number of rotatable bonds is 5. The fourth-order valence-corrected chi connectivity index (χ4v) is 2.16. The van der Waals surface area contributed by atoms with E-state index in [2.05, 4.69) is 0 Å². The van der Waals surface area contributed by atoms with Gasteiger partial charge in [0.05, 0.1) is 7.11 Å². The van der Waals surface area contributed by atoms with Crippen LogP contribution in [0, 0.1) is 0 Å². The second kappa shape index (κ2) is 6.61. The number of phenols is 1. The first-order chi connectivity index (χ1) is 10.1. The van der Waals surface area contributed by atoms with Crippen LogP contribution in [0.3, 0.4) is 0 Å². The van der Waals surface area contributed by atoms with Crippen molar-refractivity contribution in [3.63, 3.8) is 0 Å². The highest BCUT2D eigenvalue weighted by molar-refractivity contribution is 5.86. The number of carbonyl (C=O) groups is 1. The molecular weight excluding hydrogens is 268 g/mol. The Kier molecular flexibility index (Phi) is 4.61. The van der Waals surface area contributed by atoms with Gasteiger partial charge in [-0.25, -0.2) is 4.79 Å². The number of hydrogen-bond donors (Lipinski definition) is 2. The van der Waals surface area contributed by atoms with Crippen LogP contribution in [-0.2, 0) is 11.2 Å². The Morgan fingerprint density at radius 2 is 1.90 bits per heavy atom. The van der Waals surface area contributed by atoms with Crippen LogP contribution in [0.2, 0.25) is 0 Å². The van der Waals surface area contributed by atoms with Crippen molar-refractivity contribution in [1.82, 2.24) is 0 Å².